The number of anilines is 1. The van der Waals surface area contributed by atoms with Crippen LogP contribution in [-0.2, 0) is 9.59 Å². The summed E-state index contributed by atoms with van der Waals surface area (Å²) < 4.78 is 0. The van der Waals surface area contributed by atoms with Crippen molar-refractivity contribution >= 4 is 17.5 Å². The van der Waals surface area contributed by atoms with E-state index in [4.69, 9.17) is 0 Å². The highest BCUT2D eigenvalue weighted by Crippen LogP contribution is 2.30. The van der Waals surface area contributed by atoms with Crippen LogP contribution in [0.4, 0.5) is 5.69 Å². The normalized spacial score (nSPS) is 21.2. The van der Waals surface area contributed by atoms with Crippen LogP contribution in [0.25, 0.3) is 0 Å². The van der Waals surface area contributed by atoms with E-state index in [0.29, 0.717) is 0 Å². The largest absolute Gasteiger partial charge is 0.356 e. The molecule has 0 heterocycles. The number of carbonyl (C=O) groups is 2. The minimum atomic E-state index is 0.0230. The highest BCUT2D eigenvalue weighted by Gasteiger charge is 2.29. The van der Waals surface area contributed by atoms with Gasteiger partial charge in [-0.2, -0.15) is 0 Å². The van der Waals surface area contributed by atoms with Gasteiger partial charge in [-0.25, -0.2) is 0 Å². The summed E-state index contributed by atoms with van der Waals surface area (Å²) in [7, 11) is 0. The molecule has 1 fully saturated rings. The fraction of sp³-hybridized carbons (Fsp3) is 0.556. The number of hydrogen-bond donors (Lipinski definition) is 2. The molecule has 1 aromatic rings. The van der Waals surface area contributed by atoms with Crippen molar-refractivity contribution in [3.05, 3.63) is 29.8 Å². The maximum atomic E-state index is 12.4. The van der Waals surface area contributed by atoms with Gasteiger partial charge in [0.05, 0.1) is 0 Å². The standard InChI is InChI=1S/C18H26N2O2/c1-3-12-19-17(21)14-8-10-15(11-9-14)18(22)20-16-7-5-4-6-13(16)2/h4-7,14-15H,3,8-12H2,1-2H3,(H,19,21)(H,20,22). The molecular formula is C18H26N2O2. The van der Waals surface area contributed by atoms with E-state index in [0.717, 1.165) is 49.9 Å². The van der Waals surface area contributed by atoms with Crippen LogP contribution in [0, 0.1) is 18.8 Å². The zero-order chi connectivity index (χ0) is 15.9. The molecule has 2 N–H and O–H groups in total. The first-order chi connectivity index (χ1) is 10.6. The molecule has 0 atom stereocenters. The summed E-state index contributed by atoms with van der Waals surface area (Å²) >= 11 is 0. The van der Waals surface area contributed by atoms with Crippen LogP contribution in [0.5, 0.6) is 0 Å². The Labute approximate surface area is 132 Å². The second-order valence-corrected chi connectivity index (χ2v) is 6.14. The third-order valence-corrected chi connectivity index (χ3v) is 4.42. The lowest BCUT2D eigenvalue weighted by atomic mass is 9.81. The van der Waals surface area contributed by atoms with Crippen LogP contribution < -0.4 is 10.6 Å². The average molecular weight is 302 g/mol. The SMILES string of the molecule is CCCNC(=O)C1CCC(C(=O)Nc2ccccc2C)CC1. The van der Waals surface area contributed by atoms with Gasteiger partial charge in [0.2, 0.25) is 11.8 Å². The number of hydrogen-bond acceptors (Lipinski definition) is 2. The van der Waals surface area contributed by atoms with Crippen molar-refractivity contribution in [2.24, 2.45) is 11.8 Å². The van der Waals surface area contributed by atoms with E-state index >= 15 is 0 Å². The fourth-order valence-electron chi connectivity index (χ4n) is 2.96. The highest BCUT2D eigenvalue weighted by molar-refractivity contribution is 5.93. The molecule has 2 amide bonds. The fourth-order valence-corrected chi connectivity index (χ4v) is 2.96. The van der Waals surface area contributed by atoms with Crippen LogP contribution in [0.15, 0.2) is 24.3 Å². The van der Waals surface area contributed by atoms with Gasteiger partial charge in [0.25, 0.3) is 0 Å². The molecule has 1 aliphatic rings. The smallest absolute Gasteiger partial charge is 0.227 e. The van der Waals surface area contributed by atoms with Crippen LogP contribution in [0.3, 0.4) is 0 Å². The molecule has 0 aromatic heterocycles. The molecule has 0 saturated heterocycles. The molecule has 1 saturated carbocycles. The minimum absolute atomic E-state index is 0.0230. The Bertz CT molecular complexity index is 520. The topological polar surface area (TPSA) is 58.2 Å². The Morgan fingerprint density at radius 1 is 1.05 bits per heavy atom. The lowest BCUT2D eigenvalue weighted by Gasteiger charge is -2.27. The average Bonchev–Trinajstić information content (AvgIpc) is 2.55. The van der Waals surface area contributed by atoms with E-state index in [1.165, 1.54) is 0 Å². The van der Waals surface area contributed by atoms with Gasteiger partial charge in [-0.05, 0) is 50.7 Å². The first-order valence-corrected chi connectivity index (χ1v) is 8.26. The van der Waals surface area contributed by atoms with Gasteiger partial charge < -0.3 is 10.6 Å². The maximum absolute atomic E-state index is 12.4. The summed E-state index contributed by atoms with van der Waals surface area (Å²) in [6, 6.07) is 7.81. The summed E-state index contributed by atoms with van der Waals surface area (Å²) in [5.41, 5.74) is 1.96. The van der Waals surface area contributed by atoms with E-state index in [-0.39, 0.29) is 23.7 Å². The van der Waals surface area contributed by atoms with Crippen molar-refractivity contribution in [3.63, 3.8) is 0 Å². The van der Waals surface area contributed by atoms with Crippen LogP contribution in [0.1, 0.15) is 44.6 Å². The quantitative estimate of drug-likeness (QED) is 0.877. The molecule has 4 nitrogen and oxygen atoms in total. The number of para-hydroxylation sites is 1. The number of aryl methyl sites for hydroxylation is 1. The molecule has 1 aliphatic carbocycles. The Morgan fingerprint density at radius 2 is 1.64 bits per heavy atom. The Balaban J connectivity index is 1.82. The van der Waals surface area contributed by atoms with Crippen molar-refractivity contribution in [3.8, 4) is 0 Å². The summed E-state index contributed by atoms with van der Waals surface area (Å²) in [5, 5.41) is 5.97. The molecule has 22 heavy (non-hydrogen) atoms. The molecule has 0 unspecified atom stereocenters. The number of amides is 2. The third-order valence-electron chi connectivity index (χ3n) is 4.42. The summed E-state index contributed by atoms with van der Waals surface area (Å²) in [6.07, 6.45) is 4.16. The molecular weight excluding hydrogens is 276 g/mol. The van der Waals surface area contributed by atoms with E-state index in [1.807, 2.05) is 38.1 Å². The van der Waals surface area contributed by atoms with Gasteiger partial charge in [-0.15, -0.1) is 0 Å². The second kappa shape index (κ2) is 7.97. The van der Waals surface area contributed by atoms with Crippen molar-refractivity contribution in [2.45, 2.75) is 46.0 Å². The number of benzene rings is 1. The lowest BCUT2D eigenvalue weighted by Crippen LogP contribution is -2.35. The van der Waals surface area contributed by atoms with Crippen LogP contribution in [-0.4, -0.2) is 18.4 Å². The first-order valence-electron chi connectivity index (χ1n) is 8.26. The number of rotatable bonds is 5. The highest BCUT2D eigenvalue weighted by atomic mass is 16.2. The molecule has 0 radical (unpaired) electrons. The molecule has 0 bridgehead atoms. The minimum Gasteiger partial charge on any atom is -0.356 e. The van der Waals surface area contributed by atoms with Gasteiger partial charge in [0, 0.05) is 24.1 Å². The molecule has 120 valence electrons. The second-order valence-electron chi connectivity index (χ2n) is 6.14. The maximum Gasteiger partial charge on any atom is 0.227 e. The van der Waals surface area contributed by atoms with Gasteiger partial charge >= 0.3 is 0 Å². The Kier molecular flexibility index (Phi) is 5.99. The summed E-state index contributed by atoms with van der Waals surface area (Å²) in [5.74, 6) is 0.338. The van der Waals surface area contributed by atoms with Gasteiger partial charge in [-0.3, -0.25) is 9.59 Å². The number of carbonyl (C=O) groups excluding carboxylic acids is 2. The van der Waals surface area contributed by atoms with Crippen molar-refractivity contribution < 1.29 is 9.59 Å². The van der Waals surface area contributed by atoms with Crippen LogP contribution >= 0.6 is 0 Å². The van der Waals surface area contributed by atoms with Gasteiger partial charge in [0.15, 0.2) is 0 Å². The van der Waals surface area contributed by atoms with E-state index < -0.39 is 0 Å². The molecule has 0 spiro atoms. The van der Waals surface area contributed by atoms with E-state index in [2.05, 4.69) is 10.6 Å². The molecule has 0 aliphatic heterocycles. The van der Waals surface area contributed by atoms with Crippen molar-refractivity contribution in [1.29, 1.82) is 0 Å². The molecule has 2 rings (SSSR count). The predicted molar refractivity (Wildman–Crippen MR) is 88.6 cm³/mol. The third kappa shape index (κ3) is 4.33. The summed E-state index contributed by atoms with van der Waals surface area (Å²) in [4.78, 5) is 24.3. The molecule has 1 aromatic carbocycles. The van der Waals surface area contributed by atoms with Crippen molar-refractivity contribution in [1.82, 2.24) is 5.32 Å². The zero-order valence-corrected chi connectivity index (χ0v) is 13.5. The monoisotopic (exact) mass is 302 g/mol. The first kappa shape index (κ1) is 16.5. The summed E-state index contributed by atoms with van der Waals surface area (Å²) in [6.45, 7) is 4.78. The van der Waals surface area contributed by atoms with E-state index in [1.54, 1.807) is 0 Å². The lowest BCUT2D eigenvalue weighted by molar-refractivity contribution is -0.128. The number of nitrogens with one attached hydrogen (secondary N) is 2. The Morgan fingerprint density at radius 3 is 2.23 bits per heavy atom. The molecule has 4 heteroatoms. The van der Waals surface area contributed by atoms with Crippen LogP contribution in [0.2, 0.25) is 0 Å². The Hall–Kier alpha value is -1.84. The van der Waals surface area contributed by atoms with Crippen molar-refractivity contribution in [2.75, 3.05) is 11.9 Å². The zero-order valence-electron chi connectivity index (χ0n) is 13.5. The van der Waals surface area contributed by atoms with E-state index in [9.17, 15) is 9.59 Å². The predicted octanol–water partition coefficient (Wildman–Crippen LogP) is 3.27. The van der Waals surface area contributed by atoms with Gasteiger partial charge in [-0.1, -0.05) is 25.1 Å². The van der Waals surface area contributed by atoms with Gasteiger partial charge in [0.1, 0.15) is 0 Å².